The lowest BCUT2D eigenvalue weighted by Crippen LogP contribution is -2.15. The van der Waals surface area contributed by atoms with E-state index in [1.165, 1.54) is 0 Å². The summed E-state index contributed by atoms with van der Waals surface area (Å²) in [4.78, 5) is 10.6. The Bertz CT molecular complexity index is 788. The molecular formula is C19H17NO5. The molecule has 0 saturated carbocycles. The summed E-state index contributed by atoms with van der Waals surface area (Å²) in [5.41, 5.74) is 1.99. The van der Waals surface area contributed by atoms with Crippen molar-refractivity contribution in [1.82, 2.24) is 0 Å². The van der Waals surface area contributed by atoms with Crippen molar-refractivity contribution in [3.8, 4) is 28.7 Å². The second-order valence-corrected chi connectivity index (χ2v) is 5.63. The van der Waals surface area contributed by atoms with Gasteiger partial charge in [0.15, 0.2) is 6.61 Å². The number of carbonyl (C=O) groups is 1. The number of nitrogens with zero attached hydrogens (tertiary/aromatic N) is 1. The van der Waals surface area contributed by atoms with Crippen LogP contribution in [0.2, 0.25) is 0 Å². The number of nitriles is 1. The van der Waals surface area contributed by atoms with Crippen LogP contribution in [0.3, 0.4) is 0 Å². The predicted octanol–water partition coefficient (Wildman–Crippen LogP) is 2.86. The van der Waals surface area contributed by atoms with Crippen molar-refractivity contribution in [1.29, 1.82) is 5.26 Å². The van der Waals surface area contributed by atoms with Crippen LogP contribution in [-0.2, 0) is 9.53 Å². The lowest BCUT2D eigenvalue weighted by Gasteiger charge is -2.13. The van der Waals surface area contributed by atoms with Crippen LogP contribution >= 0.6 is 0 Å². The van der Waals surface area contributed by atoms with Crippen molar-refractivity contribution < 1.29 is 24.1 Å². The highest BCUT2D eigenvalue weighted by Gasteiger charge is 2.17. The first-order chi connectivity index (χ1) is 12.2. The molecule has 1 N–H and O–H groups in total. The maximum atomic E-state index is 10.6. The molecule has 1 saturated heterocycles. The number of hydrogen-bond acceptors (Lipinski definition) is 5. The monoisotopic (exact) mass is 339 g/mol. The number of aliphatic carboxylic acids is 1. The molecule has 1 atom stereocenters. The van der Waals surface area contributed by atoms with Gasteiger partial charge in [-0.2, -0.15) is 5.26 Å². The predicted molar refractivity (Wildman–Crippen MR) is 89.6 cm³/mol. The summed E-state index contributed by atoms with van der Waals surface area (Å²) in [7, 11) is 0. The van der Waals surface area contributed by atoms with E-state index >= 15 is 0 Å². The summed E-state index contributed by atoms with van der Waals surface area (Å²) in [6.07, 6.45) is 0.955. The van der Waals surface area contributed by atoms with Gasteiger partial charge in [-0.3, -0.25) is 0 Å². The molecule has 6 heteroatoms. The SMILES string of the molecule is N#Cc1ccc(OCC(=O)O)cc1-c1ccc(OC2CCOC2)cc1. The van der Waals surface area contributed by atoms with E-state index in [9.17, 15) is 10.1 Å². The van der Waals surface area contributed by atoms with Crippen LogP contribution in [0.4, 0.5) is 0 Å². The van der Waals surface area contributed by atoms with Crippen LogP contribution < -0.4 is 9.47 Å². The summed E-state index contributed by atoms with van der Waals surface area (Å²) in [6.45, 7) is 0.891. The van der Waals surface area contributed by atoms with Crippen molar-refractivity contribution in [2.45, 2.75) is 12.5 Å². The first-order valence-corrected chi connectivity index (χ1v) is 7.89. The van der Waals surface area contributed by atoms with Crippen LogP contribution in [0.1, 0.15) is 12.0 Å². The fourth-order valence-corrected chi connectivity index (χ4v) is 2.61. The zero-order valence-electron chi connectivity index (χ0n) is 13.5. The maximum Gasteiger partial charge on any atom is 0.341 e. The highest BCUT2D eigenvalue weighted by Crippen LogP contribution is 2.29. The molecule has 0 spiro atoms. The quantitative estimate of drug-likeness (QED) is 0.870. The number of carboxylic acid groups (broad SMARTS) is 1. The number of hydrogen-bond donors (Lipinski definition) is 1. The molecule has 128 valence electrons. The van der Waals surface area contributed by atoms with E-state index in [1.807, 2.05) is 24.3 Å². The van der Waals surface area contributed by atoms with Gasteiger partial charge in [0.2, 0.25) is 0 Å². The van der Waals surface area contributed by atoms with Gasteiger partial charge in [0.05, 0.1) is 24.8 Å². The maximum absolute atomic E-state index is 10.6. The van der Waals surface area contributed by atoms with Gasteiger partial charge in [-0.05, 0) is 35.9 Å². The molecule has 0 amide bonds. The third-order valence-corrected chi connectivity index (χ3v) is 3.83. The summed E-state index contributed by atoms with van der Waals surface area (Å²) in [6, 6.07) is 14.4. The molecule has 1 unspecified atom stereocenters. The Labute approximate surface area is 145 Å². The van der Waals surface area contributed by atoms with E-state index in [4.69, 9.17) is 19.3 Å². The lowest BCUT2D eigenvalue weighted by atomic mass is 10.00. The standard InChI is InChI=1S/C19H17NO5/c20-10-14-3-6-16(24-12-19(21)22)9-18(14)13-1-4-15(5-2-13)25-17-7-8-23-11-17/h1-6,9,17H,7-8,11-12H2,(H,21,22). The fraction of sp³-hybridized carbons (Fsp3) is 0.263. The average Bonchev–Trinajstić information content (AvgIpc) is 3.13. The van der Waals surface area contributed by atoms with E-state index in [0.29, 0.717) is 23.5 Å². The van der Waals surface area contributed by atoms with Gasteiger partial charge in [-0.1, -0.05) is 12.1 Å². The molecule has 1 aliphatic heterocycles. The highest BCUT2D eigenvalue weighted by atomic mass is 16.5. The van der Waals surface area contributed by atoms with Gasteiger partial charge >= 0.3 is 5.97 Å². The summed E-state index contributed by atoms with van der Waals surface area (Å²) in [5.74, 6) is 0.0965. The Kier molecular flexibility index (Phi) is 5.17. The third-order valence-electron chi connectivity index (χ3n) is 3.83. The normalized spacial score (nSPS) is 16.2. The number of ether oxygens (including phenoxy) is 3. The Morgan fingerprint density at radius 1 is 1.24 bits per heavy atom. The highest BCUT2D eigenvalue weighted by molar-refractivity contribution is 5.73. The van der Waals surface area contributed by atoms with Gasteiger partial charge in [0, 0.05) is 12.0 Å². The molecule has 0 aromatic heterocycles. The molecule has 1 aliphatic rings. The minimum atomic E-state index is -1.05. The minimum absolute atomic E-state index is 0.0771. The third kappa shape index (κ3) is 4.28. The van der Waals surface area contributed by atoms with Crippen molar-refractivity contribution >= 4 is 5.97 Å². The first-order valence-electron chi connectivity index (χ1n) is 7.89. The zero-order valence-corrected chi connectivity index (χ0v) is 13.5. The molecule has 0 bridgehead atoms. The molecule has 1 fully saturated rings. The molecule has 1 heterocycles. The molecule has 3 rings (SSSR count). The average molecular weight is 339 g/mol. The van der Waals surface area contributed by atoms with E-state index in [-0.39, 0.29) is 6.10 Å². The van der Waals surface area contributed by atoms with E-state index in [1.54, 1.807) is 18.2 Å². The molecule has 2 aromatic carbocycles. The zero-order chi connectivity index (χ0) is 17.6. The number of rotatable bonds is 6. The molecule has 2 aromatic rings. The van der Waals surface area contributed by atoms with Gasteiger partial charge in [0.1, 0.15) is 17.6 Å². The van der Waals surface area contributed by atoms with Crippen molar-refractivity contribution in [2.75, 3.05) is 19.8 Å². The molecule has 0 radical (unpaired) electrons. The molecular weight excluding hydrogens is 322 g/mol. The summed E-state index contributed by atoms with van der Waals surface area (Å²) in [5, 5.41) is 18.0. The van der Waals surface area contributed by atoms with Crippen LogP contribution in [0.5, 0.6) is 11.5 Å². The first kappa shape index (κ1) is 16.8. The minimum Gasteiger partial charge on any atom is -0.488 e. The second kappa shape index (κ2) is 7.69. The fourth-order valence-electron chi connectivity index (χ4n) is 2.61. The number of benzene rings is 2. The van der Waals surface area contributed by atoms with Gasteiger partial charge in [0.25, 0.3) is 0 Å². The largest absolute Gasteiger partial charge is 0.488 e. The van der Waals surface area contributed by atoms with E-state index < -0.39 is 12.6 Å². The second-order valence-electron chi connectivity index (χ2n) is 5.63. The van der Waals surface area contributed by atoms with Gasteiger partial charge < -0.3 is 19.3 Å². The van der Waals surface area contributed by atoms with Crippen molar-refractivity contribution in [3.63, 3.8) is 0 Å². The Morgan fingerprint density at radius 2 is 2.00 bits per heavy atom. The molecule has 6 nitrogen and oxygen atoms in total. The topological polar surface area (TPSA) is 88.8 Å². The molecule has 0 aliphatic carbocycles. The lowest BCUT2D eigenvalue weighted by molar-refractivity contribution is -0.139. The Hall–Kier alpha value is -3.04. The van der Waals surface area contributed by atoms with E-state index in [0.717, 1.165) is 24.3 Å². The van der Waals surface area contributed by atoms with Crippen molar-refractivity contribution in [2.24, 2.45) is 0 Å². The Morgan fingerprint density at radius 3 is 2.64 bits per heavy atom. The summed E-state index contributed by atoms with van der Waals surface area (Å²) >= 11 is 0. The van der Waals surface area contributed by atoms with Gasteiger partial charge in [-0.25, -0.2) is 4.79 Å². The van der Waals surface area contributed by atoms with Crippen molar-refractivity contribution in [3.05, 3.63) is 48.0 Å². The van der Waals surface area contributed by atoms with Crippen LogP contribution in [0.25, 0.3) is 11.1 Å². The van der Waals surface area contributed by atoms with Crippen LogP contribution in [-0.4, -0.2) is 37.0 Å². The molecule has 25 heavy (non-hydrogen) atoms. The van der Waals surface area contributed by atoms with Crippen LogP contribution in [0.15, 0.2) is 42.5 Å². The van der Waals surface area contributed by atoms with E-state index in [2.05, 4.69) is 6.07 Å². The van der Waals surface area contributed by atoms with Gasteiger partial charge in [-0.15, -0.1) is 0 Å². The summed E-state index contributed by atoms with van der Waals surface area (Å²) < 4.78 is 16.3. The van der Waals surface area contributed by atoms with Crippen LogP contribution in [0, 0.1) is 11.3 Å². The Balaban J connectivity index is 1.80. The number of carboxylic acids is 1. The smallest absolute Gasteiger partial charge is 0.341 e.